The van der Waals surface area contributed by atoms with Crippen LogP contribution in [0.2, 0.25) is 0 Å². The van der Waals surface area contributed by atoms with Crippen molar-refractivity contribution in [3.8, 4) is 0 Å². The lowest BCUT2D eigenvalue weighted by Gasteiger charge is -2.15. The van der Waals surface area contributed by atoms with E-state index in [1.54, 1.807) is 19.6 Å². The van der Waals surface area contributed by atoms with E-state index in [4.69, 9.17) is 12.2 Å². The highest BCUT2D eigenvalue weighted by molar-refractivity contribution is 7.80. The number of nitrogens with one attached hydrogen (secondary N) is 2. The molecule has 72 valence electrons. The summed E-state index contributed by atoms with van der Waals surface area (Å²) in [5, 5.41) is 6.68. The molecule has 0 aromatic carbocycles. The minimum Gasteiger partial charge on any atom is -0.366 e. The molecule has 1 aromatic heterocycles. The van der Waals surface area contributed by atoms with Crippen LogP contribution in [0, 0.1) is 0 Å². The fourth-order valence-corrected chi connectivity index (χ4v) is 1.25. The number of hydrogen-bond acceptors (Lipinski definition) is 2. The van der Waals surface area contributed by atoms with Gasteiger partial charge in [0.05, 0.1) is 6.33 Å². The Kier molecular flexibility index (Phi) is 3.70. The van der Waals surface area contributed by atoms with Crippen molar-refractivity contribution in [2.45, 2.75) is 19.5 Å². The molecule has 1 heterocycles. The predicted molar refractivity (Wildman–Crippen MR) is 56.5 cm³/mol. The Morgan fingerprint density at radius 3 is 3.00 bits per heavy atom. The molecular weight excluding hydrogens is 184 g/mol. The van der Waals surface area contributed by atoms with Crippen LogP contribution < -0.4 is 10.6 Å². The van der Waals surface area contributed by atoms with Crippen molar-refractivity contribution in [3.63, 3.8) is 0 Å². The first-order valence-electron chi connectivity index (χ1n) is 4.16. The molecule has 0 bridgehead atoms. The van der Waals surface area contributed by atoms with Gasteiger partial charge in [-0.15, -0.1) is 0 Å². The molecule has 4 nitrogen and oxygen atoms in total. The molecule has 0 aliphatic carbocycles. The number of hydrogen-bond donors (Lipinski definition) is 2. The second-order valence-electron chi connectivity index (χ2n) is 2.88. The summed E-state index contributed by atoms with van der Waals surface area (Å²) >= 11 is 4.98. The van der Waals surface area contributed by atoms with E-state index in [1.807, 2.05) is 10.8 Å². The van der Waals surface area contributed by atoms with Gasteiger partial charge in [0, 0.05) is 32.0 Å². The Hall–Kier alpha value is -1.10. The number of imidazole rings is 1. The molecule has 0 saturated heterocycles. The highest BCUT2D eigenvalue weighted by atomic mass is 32.1. The Morgan fingerprint density at radius 1 is 1.69 bits per heavy atom. The summed E-state index contributed by atoms with van der Waals surface area (Å²) in [5.74, 6) is 0. The van der Waals surface area contributed by atoms with Crippen LogP contribution in [0.4, 0.5) is 0 Å². The van der Waals surface area contributed by atoms with E-state index in [0.29, 0.717) is 11.2 Å². The molecule has 1 atom stereocenters. The van der Waals surface area contributed by atoms with Gasteiger partial charge in [-0.25, -0.2) is 4.98 Å². The molecule has 1 unspecified atom stereocenters. The maximum Gasteiger partial charge on any atom is 0.166 e. The maximum atomic E-state index is 4.98. The molecule has 2 N–H and O–H groups in total. The SMILES string of the molecule is CNC(=S)NC(C)Cn1ccnc1. The van der Waals surface area contributed by atoms with E-state index in [9.17, 15) is 0 Å². The molecule has 0 aliphatic rings. The topological polar surface area (TPSA) is 41.9 Å². The normalized spacial score (nSPS) is 12.2. The molecule has 0 radical (unpaired) electrons. The molecule has 0 fully saturated rings. The van der Waals surface area contributed by atoms with E-state index in [0.717, 1.165) is 6.54 Å². The zero-order valence-electron chi connectivity index (χ0n) is 7.82. The summed E-state index contributed by atoms with van der Waals surface area (Å²) < 4.78 is 2.01. The van der Waals surface area contributed by atoms with Gasteiger partial charge >= 0.3 is 0 Å². The van der Waals surface area contributed by atoms with Crippen LogP contribution in [0.15, 0.2) is 18.7 Å². The third-order valence-corrected chi connectivity index (χ3v) is 1.97. The zero-order valence-corrected chi connectivity index (χ0v) is 8.64. The standard InChI is InChI=1S/C8H14N4S/c1-7(11-8(13)9-2)5-12-4-3-10-6-12/h3-4,6-7H,5H2,1-2H3,(H2,9,11,13). The quantitative estimate of drug-likeness (QED) is 0.688. The van der Waals surface area contributed by atoms with E-state index in [2.05, 4.69) is 22.5 Å². The lowest BCUT2D eigenvalue weighted by atomic mass is 10.3. The summed E-state index contributed by atoms with van der Waals surface area (Å²) in [6, 6.07) is 0.300. The van der Waals surface area contributed by atoms with Crippen LogP contribution >= 0.6 is 12.2 Å². The Bertz CT molecular complexity index is 257. The first-order chi connectivity index (χ1) is 6.22. The third kappa shape index (κ3) is 3.42. The lowest BCUT2D eigenvalue weighted by Crippen LogP contribution is -2.40. The van der Waals surface area contributed by atoms with Gasteiger partial charge in [-0.2, -0.15) is 0 Å². The van der Waals surface area contributed by atoms with Crippen molar-refractivity contribution in [1.29, 1.82) is 0 Å². The largest absolute Gasteiger partial charge is 0.366 e. The van der Waals surface area contributed by atoms with Gasteiger partial charge < -0.3 is 15.2 Å². The van der Waals surface area contributed by atoms with Crippen LogP contribution in [-0.2, 0) is 6.54 Å². The molecule has 1 rings (SSSR count). The molecule has 5 heteroatoms. The lowest BCUT2D eigenvalue weighted by molar-refractivity contribution is 0.544. The van der Waals surface area contributed by atoms with Crippen LogP contribution in [0.3, 0.4) is 0 Å². The Labute approximate surface area is 83.4 Å². The summed E-state index contributed by atoms with van der Waals surface area (Å²) in [5.41, 5.74) is 0. The minimum absolute atomic E-state index is 0.300. The first-order valence-corrected chi connectivity index (χ1v) is 4.57. The van der Waals surface area contributed by atoms with Crippen molar-refractivity contribution in [2.24, 2.45) is 0 Å². The average Bonchev–Trinajstić information content (AvgIpc) is 2.56. The fourth-order valence-electron chi connectivity index (χ4n) is 1.05. The second-order valence-corrected chi connectivity index (χ2v) is 3.29. The molecule has 1 aromatic rings. The van der Waals surface area contributed by atoms with Gasteiger partial charge in [0.15, 0.2) is 5.11 Å². The van der Waals surface area contributed by atoms with E-state index < -0.39 is 0 Å². The third-order valence-electron chi connectivity index (χ3n) is 1.65. The number of aromatic nitrogens is 2. The van der Waals surface area contributed by atoms with Gasteiger partial charge in [-0.1, -0.05) is 0 Å². The summed E-state index contributed by atoms with van der Waals surface area (Å²) in [7, 11) is 1.80. The summed E-state index contributed by atoms with van der Waals surface area (Å²) in [6.07, 6.45) is 5.49. The van der Waals surface area contributed by atoms with Gasteiger partial charge in [-0.05, 0) is 19.1 Å². The molecule has 0 saturated carbocycles. The second kappa shape index (κ2) is 4.81. The fraction of sp³-hybridized carbons (Fsp3) is 0.500. The van der Waals surface area contributed by atoms with E-state index in [-0.39, 0.29) is 0 Å². The van der Waals surface area contributed by atoms with E-state index in [1.165, 1.54) is 0 Å². The van der Waals surface area contributed by atoms with Gasteiger partial charge in [0.2, 0.25) is 0 Å². The summed E-state index contributed by atoms with van der Waals surface area (Å²) in [4.78, 5) is 3.96. The minimum atomic E-state index is 0.300. The Morgan fingerprint density at radius 2 is 2.46 bits per heavy atom. The molecule has 13 heavy (non-hydrogen) atoms. The number of thiocarbonyl (C=S) groups is 1. The van der Waals surface area contributed by atoms with E-state index >= 15 is 0 Å². The molecular formula is C8H14N4S. The first kappa shape index (κ1) is 9.98. The van der Waals surface area contributed by atoms with Crippen LogP contribution in [0.1, 0.15) is 6.92 Å². The van der Waals surface area contributed by atoms with Crippen LogP contribution in [-0.4, -0.2) is 27.8 Å². The van der Waals surface area contributed by atoms with Crippen molar-refractivity contribution < 1.29 is 0 Å². The number of rotatable bonds is 3. The monoisotopic (exact) mass is 198 g/mol. The highest BCUT2D eigenvalue weighted by Crippen LogP contribution is 1.90. The van der Waals surface area contributed by atoms with Gasteiger partial charge in [0.1, 0.15) is 0 Å². The van der Waals surface area contributed by atoms with Crippen molar-refractivity contribution in [3.05, 3.63) is 18.7 Å². The maximum absolute atomic E-state index is 4.98. The smallest absolute Gasteiger partial charge is 0.166 e. The molecule has 0 aliphatic heterocycles. The van der Waals surface area contributed by atoms with Crippen molar-refractivity contribution in [2.75, 3.05) is 7.05 Å². The average molecular weight is 198 g/mol. The summed E-state index contributed by atoms with van der Waals surface area (Å²) in [6.45, 7) is 2.94. The Balaban J connectivity index is 2.33. The van der Waals surface area contributed by atoms with Gasteiger partial charge in [-0.3, -0.25) is 0 Å². The number of nitrogens with zero attached hydrogens (tertiary/aromatic N) is 2. The van der Waals surface area contributed by atoms with Gasteiger partial charge in [0.25, 0.3) is 0 Å². The molecule has 0 amide bonds. The highest BCUT2D eigenvalue weighted by Gasteiger charge is 2.02. The van der Waals surface area contributed by atoms with Crippen LogP contribution in [0.5, 0.6) is 0 Å². The van der Waals surface area contributed by atoms with Crippen molar-refractivity contribution >= 4 is 17.3 Å². The predicted octanol–water partition coefficient (Wildman–Crippen LogP) is 0.365. The van der Waals surface area contributed by atoms with Crippen LogP contribution in [0.25, 0.3) is 0 Å². The zero-order chi connectivity index (χ0) is 9.68. The molecule has 0 spiro atoms. The van der Waals surface area contributed by atoms with Crippen molar-refractivity contribution in [1.82, 2.24) is 20.2 Å².